The zero-order valence-corrected chi connectivity index (χ0v) is 20.0. The molecule has 0 N–H and O–H groups in total. The number of carbonyl (C=O) groups excluding carboxylic acids is 1. The Balaban J connectivity index is 1.18. The monoisotopic (exact) mass is 473 g/mol. The number of hydrogen-bond acceptors (Lipinski definition) is 5. The number of fused-ring (bicyclic) bond motifs is 2. The molecule has 6 rings (SSSR count). The normalized spacial score (nSPS) is 16.8. The standard InChI is InChI=1S/C27H27N3O3S/c1-19(21-5-3-2-4-6-21)30-23(16-22-9-14-34-27(22)30)26(31)29-12-10-28(11-13-29)17-20-7-8-24-25(15-20)33-18-32-24/h2-9,14-16,19H,10-13,17-18H2,1H3/t19-/m0/s1. The summed E-state index contributed by atoms with van der Waals surface area (Å²) in [6, 6.07) is 20.8. The van der Waals surface area contributed by atoms with Crippen LogP contribution >= 0.6 is 11.3 Å². The first-order valence-electron chi connectivity index (χ1n) is 11.7. The molecule has 2 aromatic carbocycles. The van der Waals surface area contributed by atoms with E-state index in [4.69, 9.17) is 9.47 Å². The van der Waals surface area contributed by atoms with Crippen LogP contribution in [0.15, 0.2) is 66.0 Å². The molecule has 174 valence electrons. The SMILES string of the molecule is C[C@@H](c1ccccc1)n1c(C(=O)N2CCN(Cc3ccc4c(c3)OCO4)CC2)cc2ccsc21. The first-order valence-corrected chi connectivity index (χ1v) is 12.6. The van der Waals surface area contributed by atoms with Gasteiger partial charge in [0.05, 0.1) is 6.04 Å². The number of aromatic nitrogens is 1. The van der Waals surface area contributed by atoms with E-state index in [2.05, 4.69) is 70.3 Å². The molecule has 2 aliphatic heterocycles. The molecular formula is C27H27N3O3S. The lowest BCUT2D eigenvalue weighted by Gasteiger charge is -2.35. The average molecular weight is 474 g/mol. The van der Waals surface area contributed by atoms with Crippen LogP contribution in [-0.4, -0.2) is 53.2 Å². The van der Waals surface area contributed by atoms with Gasteiger partial charge in [0.15, 0.2) is 11.5 Å². The Morgan fingerprint density at radius 1 is 0.971 bits per heavy atom. The fraction of sp³-hybridized carbons (Fsp3) is 0.296. The second-order valence-corrected chi connectivity index (χ2v) is 9.82. The van der Waals surface area contributed by atoms with E-state index < -0.39 is 0 Å². The van der Waals surface area contributed by atoms with Crippen LogP contribution in [0.25, 0.3) is 10.2 Å². The molecule has 0 aliphatic carbocycles. The quantitative estimate of drug-likeness (QED) is 0.409. The summed E-state index contributed by atoms with van der Waals surface area (Å²) in [5.74, 6) is 1.75. The van der Waals surface area contributed by atoms with Gasteiger partial charge >= 0.3 is 0 Å². The molecule has 1 saturated heterocycles. The van der Waals surface area contributed by atoms with Crippen molar-refractivity contribution in [3.8, 4) is 11.5 Å². The summed E-state index contributed by atoms with van der Waals surface area (Å²) >= 11 is 1.70. The minimum absolute atomic E-state index is 0.0867. The summed E-state index contributed by atoms with van der Waals surface area (Å²) in [5.41, 5.74) is 3.19. The number of hydrogen-bond donors (Lipinski definition) is 0. The van der Waals surface area contributed by atoms with Crippen LogP contribution in [0.5, 0.6) is 11.5 Å². The van der Waals surface area contributed by atoms with E-state index in [1.54, 1.807) is 11.3 Å². The van der Waals surface area contributed by atoms with Crippen LogP contribution in [0.2, 0.25) is 0 Å². The summed E-state index contributed by atoms with van der Waals surface area (Å²) in [7, 11) is 0. The topological polar surface area (TPSA) is 46.9 Å². The zero-order chi connectivity index (χ0) is 23.1. The molecule has 0 spiro atoms. The molecule has 0 saturated carbocycles. The van der Waals surface area contributed by atoms with Gasteiger partial charge in [0.2, 0.25) is 6.79 Å². The molecule has 0 radical (unpaired) electrons. The molecule has 2 aliphatic rings. The summed E-state index contributed by atoms with van der Waals surface area (Å²) in [6.45, 7) is 6.46. The Hall–Kier alpha value is -3.29. The third-order valence-corrected chi connectivity index (χ3v) is 7.76. The Bertz CT molecular complexity index is 1320. The summed E-state index contributed by atoms with van der Waals surface area (Å²) < 4.78 is 13.1. The molecular weight excluding hydrogens is 446 g/mol. The Morgan fingerprint density at radius 3 is 2.59 bits per heavy atom. The smallest absolute Gasteiger partial charge is 0.270 e. The van der Waals surface area contributed by atoms with Gasteiger partial charge in [-0.15, -0.1) is 11.3 Å². The van der Waals surface area contributed by atoms with Crippen molar-refractivity contribution in [2.45, 2.75) is 19.5 Å². The molecule has 34 heavy (non-hydrogen) atoms. The Morgan fingerprint density at radius 2 is 1.76 bits per heavy atom. The van der Waals surface area contributed by atoms with E-state index in [0.717, 1.165) is 60.1 Å². The highest BCUT2D eigenvalue weighted by atomic mass is 32.1. The van der Waals surface area contributed by atoms with E-state index in [1.807, 2.05) is 17.0 Å². The molecule has 1 atom stereocenters. The van der Waals surface area contributed by atoms with E-state index >= 15 is 0 Å². The number of ether oxygens (including phenoxy) is 2. The number of carbonyl (C=O) groups is 1. The molecule has 4 heterocycles. The van der Waals surface area contributed by atoms with Gasteiger partial charge in [-0.1, -0.05) is 36.4 Å². The number of benzene rings is 2. The number of rotatable bonds is 5. The van der Waals surface area contributed by atoms with E-state index in [9.17, 15) is 4.79 Å². The third kappa shape index (κ3) is 3.85. The highest BCUT2D eigenvalue weighted by molar-refractivity contribution is 7.16. The molecule has 2 aromatic heterocycles. The van der Waals surface area contributed by atoms with Crippen LogP contribution in [-0.2, 0) is 6.54 Å². The number of piperazine rings is 1. The van der Waals surface area contributed by atoms with Crippen molar-refractivity contribution < 1.29 is 14.3 Å². The van der Waals surface area contributed by atoms with Gasteiger partial charge in [-0.2, -0.15) is 0 Å². The second kappa shape index (κ2) is 8.81. The molecule has 7 heteroatoms. The lowest BCUT2D eigenvalue weighted by molar-refractivity contribution is 0.0617. The van der Waals surface area contributed by atoms with Crippen molar-refractivity contribution in [1.82, 2.24) is 14.4 Å². The van der Waals surface area contributed by atoms with Gasteiger partial charge in [0.25, 0.3) is 5.91 Å². The number of thiophene rings is 1. The van der Waals surface area contributed by atoms with Crippen molar-refractivity contribution in [2.24, 2.45) is 0 Å². The fourth-order valence-corrected chi connectivity index (χ4v) is 5.92. The van der Waals surface area contributed by atoms with Crippen LogP contribution in [0.3, 0.4) is 0 Å². The van der Waals surface area contributed by atoms with Gasteiger partial charge in [-0.05, 0) is 47.7 Å². The predicted molar refractivity (Wildman–Crippen MR) is 134 cm³/mol. The van der Waals surface area contributed by atoms with Gasteiger partial charge in [0, 0.05) is 38.1 Å². The molecule has 0 bridgehead atoms. The fourth-order valence-electron chi connectivity index (χ4n) is 4.94. The van der Waals surface area contributed by atoms with Gasteiger partial charge in [-0.3, -0.25) is 9.69 Å². The van der Waals surface area contributed by atoms with Crippen LogP contribution in [0.4, 0.5) is 0 Å². The summed E-state index contributed by atoms with van der Waals surface area (Å²) in [4.78, 5) is 19.2. The van der Waals surface area contributed by atoms with Gasteiger partial charge in [-0.25, -0.2) is 0 Å². The Labute approximate surface area is 202 Å². The highest BCUT2D eigenvalue weighted by Crippen LogP contribution is 2.34. The number of nitrogens with zero attached hydrogens (tertiary/aromatic N) is 3. The Kier molecular flexibility index (Phi) is 5.51. The maximum absolute atomic E-state index is 13.7. The van der Waals surface area contributed by atoms with Crippen molar-refractivity contribution in [3.63, 3.8) is 0 Å². The molecule has 4 aromatic rings. The number of amides is 1. The van der Waals surface area contributed by atoms with Crippen LogP contribution in [0, 0.1) is 0 Å². The summed E-state index contributed by atoms with van der Waals surface area (Å²) in [5, 5.41) is 3.24. The van der Waals surface area contributed by atoms with Crippen molar-refractivity contribution in [3.05, 3.63) is 82.9 Å². The van der Waals surface area contributed by atoms with Crippen molar-refractivity contribution in [1.29, 1.82) is 0 Å². The molecule has 6 nitrogen and oxygen atoms in total. The van der Waals surface area contributed by atoms with Crippen molar-refractivity contribution in [2.75, 3.05) is 33.0 Å². The maximum atomic E-state index is 13.7. The van der Waals surface area contributed by atoms with E-state index in [-0.39, 0.29) is 11.9 Å². The zero-order valence-electron chi connectivity index (χ0n) is 19.1. The molecule has 0 unspecified atom stereocenters. The van der Waals surface area contributed by atoms with Crippen LogP contribution < -0.4 is 9.47 Å². The van der Waals surface area contributed by atoms with Gasteiger partial charge < -0.3 is 18.9 Å². The first-order chi connectivity index (χ1) is 16.7. The van der Waals surface area contributed by atoms with E-state index in [1.165, 1.54) is 11.1 Å². The van der Waals surface area contributed by atoms with Gasteiger partial charge in [0.1, 0.15) is 10.5 Å². The highest BCUT2D eigenvalue weighted by Gasteiger charge is 2.28. The molecule has 1 amide bonds. The summed E-state index contributed by atoms with van der Waals surface area (Å²) in [6.07, 6.45) is 0. The van der Waals surface area contributed by atoms with Crippen molar-refractivity contribution >= 4 is 27.5 Å². The first kappa shape index (κ1) is 21.3. The second-order valence-electron chi connectivity index (χ2n) is 8.92. The lowest BCUT2D eigenvalue weighted by atomic mass is 10.1. The minimum Gasteiger partial charge on any atom is -0.454 e. The third-order valence-electron chi connectivity index (χ3n) is 6.84. The minimum atomic E-state index is 0.0867. The van der Waals surface area contributed by atoms with E-state index in [0.29, 0.717) is 6.79 Å². The molecule has 1 fully saturated rings. The lowest BCUT2D eigenvalue weighted by Crippen LogP contribution is -2.48. The van der Waals surface area contributed by atoms with Crippen LogP contribution in [0.1, 0.15) is 34.6 Å². The largest absolute Gasteiger partial charge is 0.454 e. The average Bonchev–Trinajstić information content (AvgIpc) is 3.60. The predicted octanol–water partition coefficient (Wildman–Crippen LogP) is 5.00. The maximum Gasteiger partial charge on any atom is 0.270 e.